The molecule has 1 saturated carbocycles. The molecule has 130 valence electrons. The molecule has 2 aliphatic heterocycles. The fourth-order valence-corrected chi connectivity index (χ4v) is 4.00. The van der Waals surface area contributed by atoms with Gasteiger partial charge in [-0.3, -0.25) is 4.79 Å². The van der Waals surface area contributed by atoms with Gasteiger partial charge in [0.15, 0.2) is 0 Å². The first-order valence-electron chi connectivity index (χ1n) is 9.46. The van der Waals surface area contributed by atoms with E-state index in [1.54, 1.807) is 0 Å². The lowest BCUT2D eigenvalue weighted by molar-refractivity contribution is -0.119. The number of likely N-dealkylation sites (tertiary alicyclic amines) is 1. The minimum absolute atomic E-state index is 0.266. The summed E-state index contributed by atoms with van der Waals surface area (Å²) in [6, 6.07) is 6.17. The van der Waals surface area contributed by atoms with Gasteiger partial charge in [0.25, 0.3) is 0 Å². The van der Waals surface area contributed by atoms with Gasteiger partial charge in [0.05, 0.1) is 6.10 Å². The second kappa shape index (κ2) is 6.49. The van der Waals surface area contributed by atoms with Crippen LogP contribution < -0.4 is 4.90 Å². The van der Waals surface area contributed by atoms with Crippen LogP contribution >= 0.6 is 0 Å². The standard InChI is InChI=1S/C20H28N2O2/c1-14-6-9-21(10-7-14)13-19(23)17-4-5-18-16(12-17)8-11-22(18)20(24)15-2-3-15/h4-5,12,14-15,19,23H,2-3,6-11,13H2,1H3. The van der Waals surface area contributed by atoms with Crippen LogP contribution in [-0.2, 0) is 11.2 Å². The Labute approximate surface area is 144 Å². The molecule has 1 unspecified atom stereocenters. The first kappa shape index (κ1) is 16.1. The highest BCUT2D eigenvalue weighted by Crippen LogP contribution is 2.37. The average Bonchev–Trinajstić information content (AvgIpc) is 3.35. The van der Waals surface area contributed by atoms with Gasteiger partial charge in [-0.15, -0.1) is 0 Å². The van der Waals surface area contributed by atoms with Crippen LogP contribution in [0.4, 0.5) is 5.69 Å². The molecular formula is C20H28N2O2. The smallest absolute Gasteiger partial charge is 0.230 e. The van der Waals surface area contributed by atoms with Gasteiger partial charge in [-0.2, -0.15) is 0 Å². The van der Waals surface area contributed by atoms with E-state index in [0.29, 0.717) is 5.91 Å². The van der Waals surface area contributed by atoms with Crippen molar-refractivity contribution in [3.05, 3.63) is 29.3 Å². The van der Waals surface area contributed by atoms with Gasteiger partial charge >= 0.3 is 0 Å². The third-order valence-corrected chi connectivity index (χ3v) is 5.88. The minimum atomic E-state index is -0.433. The van der Waals surface area contributed by atoms with Crippen LogP contribution in [-0.4, -0.2) is 42.1 Å². The van der Waals surface area contributed by atoms with Crippen molar-refractivity contribution in [2.24, 2.45) is 11.8 Å². The number of fused-ring (bicyclic) bond motifs is 1. The average molecular weight is 328 g/mol. The Morgan fingerprint density at radius 2 is 1.96 bits per heavy atom. The van der Waals surface area contributed by atoms with Crippen molar-refractivity contribution >= 4 is 11.6 Å². The van der Waals surface area contributed by atoms with Gasteiger partial charge in [0.2, 0.25) is 5.91 Å². The topological polar surface area (TPSA) is 43.8 Å². The quantitative estimate of drug-likeness (QED) is 0.924. The van der Waals surface area contributed by atoms with Crippen LogP contribution in [0.25, 0.3) is 0 Å². The summed E-state index contributed by atoms with van der Waals surface area (Å²) in [5.41, 5.74) is 3.27. The molecule has 4 rings (SSSR count). The highest BCUT2D eigenvalue weighted by molar-refractivity contribution is 5.98. The van der Waals surface area contributed by atoms with E-state index >= 15 is 0 Å². The number of nitrogens with zero attached hydrogens (tertiary/aromatic N) is 2. The molecule has 2 heterocycles. The van der Waals surface area contributed by atoms with Gasteiger partial charge < -0.3 is 14.9 Å². The maximum Gasteiger partial charge on any atom is 0.230 e. The van der Waals surface area contributed by atoms with Crippen LogP contribution in [0.2, 0.25) is 0 Å². The van der Waals surface area contributed by atoms with Crippen molar-refractivity contribution < 1.29 is 9.90 Å². The van der Waals surface area contributed by atoms with Crippen LogP contribution in [0, 0.1) is 11.8 Å². The van der Waals surface area contributed by atoms with Crippen molar-refractivity contribution in [1.29, 1.82) is 0 Å². The lowest BCUT2D eigenvalue weighted by Crippen LogP contribution is -2.36. The molecule has 24 heavy (non-hydrogen) atoms. The number of hydrogen-bond acceptors (Lipinski definition) is 3. The zero-order valence-corrected chi connectivity index (χ0v) is 14.6. The number of β-amino-alcohol motifs (C(OH)–C–C–N with tert-alkyl or cyclic N) is 1. The number of carbonyl (C=O) groups excluding carboxylic acids is 1. The highest BCUT2D eigenvalue weighted by atomic mass is 16.3. The number of hydrogen-bond donors (Lipinski definition) is 1. The summed E-state index contributed by atoms with van der Waals surface area (Å²) >= 11 is 0. The number of amides is 1. The third-order valence-electron chi connectivity index (χ3n) is 5.88. The summed E-state index contributed by atoms with van der Waals surface area (Å²) < 4.78 is 0. The first-order valence-corrected chi connectivity index (χ1v) is 9.46. The normalized spacial score (nSPS) is 23.3. The number of carbonyl (C=O) groups is 1. The van der Waals surface area contributed by atoms with Crippen molar-refractivity contribution in [3.8, 4) is 0 Å². The molecule has 4 heteroatoms. The van der Waals surface area contributed by atoms with E-state index in [1.807, 2.05) is 17.0 Å². The van der Waals surface area contributed by atoms with Crippen molar-refractivity contribution in [3.63, 3.8) is 0 Å². The lowest BCUT2D eigenvalue weighted by atomic mass is 9.98. The maximum absolute atomic E-state index is 12.3. The Hall–Kier alpha value is -1.39. The predicted molar refractivity (Wildman–Crippen MR) is 95.0 cm³/mol. The molecular weight excluding hydrogens is 300 g/mol. The zero-order valence-electron chi connectivity index (χ0n) is 14.6. The van der Waals surface area contributed by atoms with Gasteiger partial charge in [0.1, 0.15) is 0 Å². The fraction of sp³-hybridized carbons (Fsp3) is 0.650. The molecule has 0 aromatic heterocycles. The molecule has 1 aromatic rings. The van der Waals surface area contributed by atoms with E-state index in [1.165, 1.54) is 18.4 Å². The first-order chi connectivity index (χ1) is 11.6. The Kier molecular flexibility index (Phi) is 4.35. The Morgan fingerprint density at radius 1 is 1.21 bits per heavy atom. The number of aliphatic hydroxyl groups excluding tert-OH is 1. The summed E-state index contributed by atoms with van der Waals surface area (Å²) in [4.78, 5) is 16.7. The molecule has 3 aliphatic rings. The summed E-state index contributed by atoms with van der Waals surface area (Å²) in [6.45, 7) is 6.01. The zero-order chi connectivity index (χ0) is 16.7. The van der Waals surface area contributed by atoms with E-state index in [9.17, 15) is 9.90 Å². The number of benzene rings is 1. The Balaban J connectivity index is 1.42. The van der Waals surface area contributed by atoms with E-state index in [2.05, 4.69) is 17.9 Å². The Bertz CT molecular complexity index is 618. The van der Waals surface area contributed by atoms with Crippen molar-refractivity contribution in [2.75, 3.05) is 31.1 Å². The van der Waals surface area contributed by atoms with Gasteiger partial charge in [-0.25, -0.2) is 0 Å². The molecule has 2 fully saturated rings. The molecule has 1 N–H and O–H groups in total. The van der Waals surface area contributed by atoms with Crippen LogP contribution in [0.5, 0.6) is 0 Å². The van der Waals surface area contributed by atoms with Gasteiger partial charge in [-0.05, 0) is 68.3 Å². The molecule has 0 bridgehead atoms. The Morgan fingerprint density at radius 3 is 2.67 bits per heavy atom. The van der Waals surface area contributed by atoms with E-state index in [-0.39, 0.29) is 5.92 Å². The van der Waals surface area contributed by atoms with Crippen LogP contribution in [0.1, 0.15) is 49.8 Å². The molecule has 0 radical (unpaired) electrons. The summed E-state index contributed by atoms with van der Waals surface area (Å²) in [6.07, 6.45) is 5.04. The number of rotatable bonds is 4. The summed E-state index contributed by atoms with van der Waals surface area (Å²) in [5.74, 6) is 1.38. The molecule has 1 atom stereocenters. The van der Waals surface area contributed by atoms with Gasteiger partial charge in [0, 0.05) is 24.7 Å². The van der Waals surface area contributed by atoms with E-state index in [0.717, 1.165) is 62.6 Å². The largest absolute Gasteiger partial charge is 0.387 e. The molecule has 1 aromatic carbocycles. The van der Waals surface area contributed by atoms with Crippen LogP contribution in [0.15, 0.2) is 18.2 Å². The highest BCUT2D eigenvalue weighted by Gasteiger charge is 2.36. The summed E-state index contributed by atoms with van der Waals surface area (Å²) in [7, 11) is 0. The van der Waals surface area contributed by atoms with E-state index in [4.69, 9.17) is 0 Å². The molecule has 0 spiro atoms. The van der Waals surface area contributed by atoms with E-state index < -0.39 is 6.10 Å². The molecule has 1 saturated heterocycles. The second-order valence-electron chi connectivity index (χ2n) is 7.90. The van der Waals surface area contributed by atoms with Crippen LogP contribution in [0.3, 0.4) is 0 Å². The molecule has 1 amide bonds. The lowest BCUT2D eigenvalue weighted by Gasteiger charge is -2.31. The third kappa shape index (κ3) is 3.22. The van der Waals surface area contributed by atoms with Crippen molar-refractivity contribution in [1.82, 2.24) is 4.90 Å². The molecule has 4 nitrogen and oxygen atoms in total. The SMILES string of the molecule is CC1CCN(CC(O)c2ccc3c(c2)CCN3C(=O)C2CC2)CC1. The molecule has 1 aliphatic carbocycles. The second-order valence-corrected chi connectivity index (χ2v) is 7.90. The number of piperidine rings is 1. The van der Waals surface area contributed by atoms with Gasteiger partial charge in [-0.1, -0.05) is 19.1 Å². The monoisotopic (exact) mass is 328 g/mol. The maximum atomic E-state index is 12.3. The predicted octanol–water partition coefficient (Wildman–Crippen LogP) is 2.75. The summed E-state index contributed by atoms with van der Waals surface area (Å²) in [5, 5.41) is 10.6. The minimum Gasteiger partial charge on any atom is -0.387 e. The number of anilines is 1. The van der Waals surface area contributed by atoms with Crippen molar-refractivity contribution in [2.45, 2.75) is 45.1 Å². The fourth-order valence-electron chi connectivity index (χ4n) is 4.00. The number of aliphatic hydroxyl groups is 1.